The van der Waals surface area contributed by atoms with Crippen LogP contribution in [0.2, 0.25) is 0 Å². The fourth-order valence-corrected chi connectivity index (χ4v) is 3.03. The highest BCUT2D eigenvalue weighted by molar-refractivity contribution is 5.89. The van der Waals surface area contributed by atoms with E-state index in [0.717, 1.165) is 24.5 Å². The van der Waals surface area contributed by atoms with E-state index in [1.165, 1.54) is 0 Å². The van der Waals surface area contributed by atoms with E-state index >= 15 is 0 Å². The minimum absolute atomic E-state index is 0.293. The van der Waals surface area contributed by atoms with Gasteiger partial charge >= 0.3 is 6.03 Å². The van der Waals surface area contributed by atoms with Crippen molar-refractivity contribution in [2.75, 3.05) is 57.8 Å². The molecular weight excluding hydrogens is 376 g/mol. The summed E-state index contributed by atoms with van der Waals surface area (Å²) in [6.07, 6.45) is 1.64. The van der Waals surface area contributed by atoms with Crippen LogP contribution in [-0.2, 0) is 11.3 Å². The van der Waals surface area contributed by atoms with Crippen LogP contribution in [0, 0.1) is 0 Å². The van der Waals surface area contributed by atoms with Gasteiger partial charge in [-0.1, -0.05) is 0 Å². The molecular formula is C20H26N4O5. The number of benzene rings is 1. The van der Waals surface area contributed by atoms with Gasteiger partial charge in [0.2, 0.25) is 5.75 Å². The molecule has 0 atom stereocenters. The number of ether oxygens (including phenoxy) is 4. The monoisotopic (exact) mass is 402 g/mol. The van der Waals surface area contributed by atoms with Gasteiger partial charge in [0, 0.05) is 19.6 Å². The van der Waals surface area contributed by atoms with Crippen LogP contribution in [0.5, 0.6) is 17.2 Å². The van der Waals surface area contributed by atoms with Gasteiger partial charge in [0.15, 0.2) is 11.5 Å². The largest absolute Gasteiger partial charge is 0.493 e. The zero-order chi connectivity index (χ0) is 20.6. The van der Waals surface area contributed by atoms with Gasteiger partial charge in [0.1, 0.15) is 5.82 Å². The molecule has 2 heterocycles. The molecule has 1 aliphatic rings. The molecule has 2 amide bonds. The Morgan fingerprint density at radius 2 is 1.79 bits per heavy atom. The second-order valence-corrected chi connectivity index (χ2v) is 6.35. The van der Waals surface area contributed by atoms with Crippen molar-refractivity contribution < 1.29 is 23.7 Å². The third kappa shape index (κ3) is 5.20. The first-order valence-corrected chi connectivity index (χ1v) is 9.27. The minimum atomic E-state index is -0.334. The maximum atomic E-state index is 12.2. The van der Waals surface area contributed by atoms with Gasteiger partial charge in [-0.25, -0.2) is 9.78 Å². The Kier molecular flexibility index (Phi) is 6.96. The number of nitrogens with one attached hydrogen (secondary N) is 2. The zero-order valence-corrected chi connectivity index (χ0v) is 16.9. The molecule has 1 aliphatic heterocycles. The molecule has 3 rings (SSSR count). The molecule has 2 N–H and O–H groups in total. The minimum Gasteiger partial charge on any atom is -0.493 e. The van der Waals surface area contributed by atoms with Crippen molar-refractivity contribution in [3.05, 3.63) is 36.0 Å². The van der Waals surface area contributed by atoms with Gasteiger partial charge in [0.25, 0.3) is 0 Å². The topological polar surface area (TPSA) is 94.2 Å². The Labute approximate surface area is 169 Å². The number of urea groups is 1. The molecule has 2 aromatic rings. The first kappa shape index (κ1) is 20.5. The number of pyridine rings is 1. The number of anilines is 2. The van der Waals surface area contributed by atoms with E-state index in [9.17, 15) is 4.79 Å². The number of nitrogens with zero attached hydrogens (tertiary/aromatic N) is 2. The molecule has 1 saturated heterocycles. The summed E-state index contributed by atoms with van der Waals surface area (Å²) in [4.78, 5) is 18.8. The number of hydrogen-bond acceptors (Lipinski definition) is 7. The van der Waals surface area contributed by atoms with E-state index in [0.29, 0.717) is 42.7 Å². The zero-order valence-electron chi connectivity index (χ0n) is 16.9. The fourth-order valence-electron chi connectivity index (χ4n) is 3.03. The maximum absolute atomic E-state index is 12.2. The van der Waals surface area contributed by atoms with Crippen molar-refractivity contribution in [3.63, 3.8) is 0 Å². The van der Waals surface area contributed by atoms with Crippen LogP contribution >= 0.6 is 0 Å². The number of morpholine rings is 1. The number of amides is 2. The van der Waals surface area contributed by atoms with Gasteiger partial charge in [0.05, 0.1) is 46.4 Å². The molecule has 1 aromatic heterocycles. The smallest absolute Gasteiger partial charge is 0.319 e. The van der Waals surface area contributed by atoms with Gasteiger partial charge < -0.3 is 34.5 Å². The third-order valence-electron chi connectivity index (χ3n) is 4.52. The average molecular weight is 402 g/mol. The van der Waals surface area contributed by atoms with Gasteiger partial charge in [-0.05, 0) is 29.8 Å². The number of carbonyl (C=O) groups excluding carboxylic acids is 1. The predicted octanol–water partition coefficient (Wildman–Crippen LogP) is 2.27. The molecule has 0 radical (unpaired) electrons. The van der Waals surface area contributed by atoms with Gasteiger partial charge in [-0.3, -0.25) is 0 Å². The Morgan fingerprint density at radius 3 is 2.34 bits per heavy atom. The second-order valence-electron chi connectivity index (χ2n) is 6.35. The standard InChI is InChI=1S/C20H26N4O5/c1-26-16-10-14(11-17(27-2)19(16)28-3)12-22-20(25)23-15-4-5-18(21-13-15)24-6-8-29-9-7-24/h4-5,10-11,13H,6-9,12H2,1-3H3,(H2,22,23,25). The van der Waals surface area contributed by atoms with Crippen LogP contribution in [0.15, 0.2) is 30.5 Å². The van der Waals surface area contributed by atoms with Crippen LogP contribution < -0.4 is 29.7 Å². The lowest BCUT2D eigenvalue weighted by atomic mass is 10.2. The number of carbonyl (C=O) groups is 1. The van der Waals surface area contributed by atoms with E-state index < -0.39 is 0 Å². The quantitative estimate of drug-likeness (QED) is 0.734. The molecule has 9 nitrogen and oxygen atoms in total. The maximum Gasteiger partial charge on any atom is 0.319 e. The van der Waals surface area contributed by atoms with E-state index in [1.807, 2.05) is 12.1 Å². The Balaban J connectivity index is 1.57. The van der Waals surface area contributed by atoms with E-state index in [-0.39, 0.29) is 6.03 Å². The van der Waals surface area contributed by atoms with Crippen LogP contribution in [0.25, 0.3) is 0 Å². The molecule has 156 valence electrons. The molecule has 0 saturated carbocycles. The van der Waals surface area contributed by atoms with Crippen molar-refractivity contribution in [3.8, 4) is 17.2 Å². The second kappa shape index (κ2) is 9.83. The van der Waals surface area contributed by atoms with Crippen LogP contribution in [0.1, 0.15) is 5.56 Å². The summed E-state index contributed by atoms with van der Waals surface area (Å²) in [5, 5.41) is 5.59. The summed E-state index contributed by atoms with van der Waals surface area (Å²) in [5.41, 5.74) is 1.43. The summed E-state index contributed by atoms with van der Waals surface area (Å²) >= 11 is 0. The molecule has 0 bridgehead atoms. The predicted molar refractivity (Wildman–Crippen MR) is 109 cm³/mol. The molecule has 0 aliphatic carbocycles. The molecule has 0 unspecified atom stereocenters. The molecule has 29 heavy (non-hydrogen) atoms. The first-order chi connectivity index (χ1) is 14.1. The van der Waals surface area contributed by atoms with Crippen molar-refractivity contribution in [1.82, 2.24) is 10.3 Å². The highest BCUT2D eigenvalue weighted by atomic mass is 16.5. The lowest BCUT2D eigenvalue weighted by Gasteiger charge is -2.27. The molecule has 9 heteroatoms. The van der Waals surface area contributed by atoms with Gasteiger partial charge in [-0.15, -0.1) is 0 Å². The summed E-state index contributed by atoms with van der Waals surface area (Å²) in [6, 6.07) is 6.97. The number of methoxy groups -OCH3 is 3. The fraction of sp³-hybridized carbons (Fsp3) is 0.400. The lowest BCUT2D eigenvalue weighted by molar-refractivity contribution is 0.122. The van der Waals surface area contributed by atoms with E-state index in [2.05, 4.69) is 20.5 Å². The summed E-state index contributed by atoms with van der Waals surface area (Å²) in [5.74, 6) is 2.45. The van der Waals surface area contributed by atoms with Gasteiger partial charge in [-0.2, -0.15) is 0 Å². The lowest BCUT2D eigenvalue weighted by Crippen LogP contribution is -2.36. The summed E-state index contributed by atoms with van der Waals surface area (Å²) in [6.45, 7) is 3.32. The molecule has 0 spiro atoms. The average Bonchev–Trinajstić information content (AvgIpc) is 2.78. The highest BCUT2D eigenvalue weighted by Crippen LogP contribution is 2.38. The van der Waals surface area contributed by atoms with Crippen molar-refractivity contribution in [2.45, 2.75) is 6.54 Å². The van der Waals surface area contributed by atoms with E-state index in [1.54, 1.807) is 39.7 Å². The summed E-state index contributed by atoms with van der Waals surface area (Å²) < 4.78 is 21.3. The van der Waals surface area contributed by atoms with Crippen LogP contribution in [-0.4, -0.2) is 58.6 Å². The number of rotatable bonds is 7. The summed E-state index contributed by atoms with van der Waals surface area (Å²) in [7, 11) is 4.65. The number of aromatic nitrogens is 1. The Morgan fingerprint density at radius 1 is 1.10 bits per heavy atom. The van der Waals surface area contributed by atoms with E-state index in [4.69, 9.17) is 18.9 Å². The molecule has 1 aromatic carbocycles. The Hall–Kier alpha value is -3.20. The highest BCUT2D eigenvalue weighted by Gasteiger charge is 2.14. The Bertz CT molecular complexity index is 797. The van der Waals surface area contributed by atoms with Crippen molar-refractivity contribution in [2.24, 2.45) is 0 Å². The van der Waals surface area contributed by atoms with Crippen molar-refractivity contribution in [1.29, 1.82) is 0 Å². The number of hydrogen-bond donors (Lipinski definition) is 2. The van der Waals surface area contributed by atoms with Crippen LogP contribution in [0.3, 0.4) is 0 Å². The van der Waals surface area contributed by atoms with Crippen molar-refractivity contribution >= 4 is 17.5 Å². The molecule has 1 fully saturated rings. The SMILES string of the molecule is COc1cc(CNC(=O)Nc2ccc(N3CCOCC3)nc2)cc(OC)c1OC. The third-order valence-corrected chi connectivity index (χ3v) is 4.52. The van der Waals surface area contributed by atoms with Crippen LogP contribution in [0.4, 0.5) is 16.3 Å². The first-order valence-electron chi connectivity index (χ1n) is 9.27. The normalized spacial score (nSPS) is 13.6.